The van der Waals surface area contributed by atoms with Crippen LogP contribution in [0.15, 0.2) is 4.52 Å². The van der Waals surface area contributed by atoms with Crippen LogP contribution in [-0.2, 0) is 11.3 Å². The monoisotopic (exact) mass is 266 g/mol. The van der Waals surface area contributed by atoms with Crippen molar-refractivity contribution in [2.75, 3.05) is 20.2 Å². The van der Waals surface area contributed by atoms with E-state index in [9.17, 15) is 0 Å². The summed E-state index contributed by atoms with van der Waals surface area (Å²) in [6.07, 6.45) is 4.73. The average Bonchev–Trinajstić information content (AvgIpc) is 3.20. The van der Waals surface area contributed by atoms with Gasteiger partial charge in [0, 0.05) is 32.2 Å². The number of hydrogen-bond acceptors (Lipinski definition) is 6. The summed E-state index contributed by atoms with van der Waals surface area (Å²) in [4.78, 5) is 6.83. The maximum Gasteiger partial charge on any atom is 0.229 e. The minimum absolute atomic E-state index is 0.331. The molecule has 0 unspecified atom stereocenters. The van der Waals surface area contributed by atoms with Gasteiger partial charge in [-0.05, 0) is 25.7 Å². The molecule has 1 aromatic rings. The molecule has 2 N–H and O–H groups in total. The van der Waals surface area contributed by atoms with Crippen molar-refractivity contribution in [2.24, 2.45) is 5.73 Å². The van der Waals surface area contributed by atoms with Crippen LogP contribution in [0, 0.1) is 0 Å². The maximum absolute atomic E-state index is 5.87. The molecule has 0 radical (unpaired) electrons. The van der Waals surface area contributed by atoms with Gasteiger partial charge in [-0.1, -0.05) is 5.16 Å². The van der Waals surface area contributed by atoms with Crippen molar-refractivity contribution >= 4 is 0 Å². The van der Waals surface area contributed by atoms with Gasteiger partial charge in [-0.3, -0.25) is 4.90 Å². The Bertz CT molecular complexity index is 419. The number of rotatable bonds is 5. The molecule has 2 aliphatic rings. The molecule has 0 spiro atoms. The van der Waals surface area contributed by atoms with Crippen molar-refractivity contribution in [3.63, 3.8) is 0 Å². The van der Waals surface area contributed by atoms with Crippen LogP contribution in [0.1, 0.15) is 43.3 Å². The molecule has 19 heavy (non-hydrogen) atoms. The lowest BCUT2D eigenvalue weighted by Gasteiger charge is -2.37. The first kappa shape index (κ1) is 13.0. The normalized spacial score (nSPS) is 28.7. The topological polar surface area (TPSA) is 77.4 Å². The second-order valence-corrected chi connectivity index (χ2v) is 5.57. The van der Waals surface area contributed by atoms with Crippen LogP contribution < -0.4 is 5.73 Å². The highest BCUT2D eigenvalue weighted by molar-refractivity contribution is 5.02. The minimum Gasteiger partial charge on any atom is -0.381 e. The van der Waals surface area contributed by atoms with E-state index >= 15 is 0 Å². The molecule has 0 bridgehead atoms. The van der Waals surface area contributed by atoms with Crippen molar-refractivity contribution in [3.05, 3.63) is 11.7 Å². The standard InChI is InChI=1S/C13H22N4O2/c1-18-11-4-5-17(10(6-11)7-14)8-12-15-13(19-16-12)9-2-3-9/h9-11H,2-8,14H2,1H3/t10-,11-/m0/s1. The SMILES string of the molecule is CO[C@H]1CCN(Cc2noc(C3CC3)n2)[C@H](CN)C1. The van der Waals surface area contributed by atoms with Gasteiger partial charge in [0.05, 0.1) is 12.6 Å². The lowest BCUT2D eigenvalue weighted by Crippen LogP contribution is -2.48. The third kappa shape index (κ3) is 2.96. The highest BCUT2D eigenvalue weighted by atomic mass is 16.5. The van der Waals surface area contributed by atoms with Crippen LogP contribution in [0.5, 0.6) is 0 Å². The Morgan fingerprint density at radius 1 is 1.42 bits per heavy atom. The summed E-state index contributed by atoms with van der Waals surface area (Å²) in [5.74, 6) is 2.12. The number of ether oxygens (including phenoxy) is 1. The van der Waals surface area contributed by atoms with E-state index in [0.717, 1.165) is 37.6 Å². The van der Waals surface area contributed by atoms with E-state index in [1.165, 1.54) is 12.8 Å². The average molecular weight is 266 g/mol. The summed E-state index contributed by atoms with van der Waals surface area (Å²) in [6, 6.07) is 0.349. The molecule has 3 rings (SSSR count). The first-order chi connectivity index (χ1) is 9.30. The van der Waals surface area contributed by atoms with E-state index in [-0.39, 0.29) is 0 Å². The zero-order chi connectivity index (χ0) is 13.2. The fraction of sp³-hybridized carbons (Fsp3) is 0.846. The summed E-state index contributed by atoms with van der Waals surface area (Å²) < 4.78 is 10.7. The van der Waals surface area contributed by atoms with Crippen LogP contribution in [0.3, 0.4) is 0 Å². The Labute approximate surface area is 113 Å². The second kappa shape index (κ2) is 5.56. The highest BCUT2D eigenvalue weighted by Crippen LogP contribution is 2.38. The molecule has 2 fully saturated rings. The summed E-state index contributed by atoms with van der Waals surface area (Å²) in [5, 5.41) is 4.08. The zero-order valence-corrected chi connectivity index (χ0v) is 11.4. The fourth-order valence-electron chi connectivity index (χ4n) is 2.74. The van der Waals surface area contributed by atoms with Crippen molar-refractivity contribution in [1.29, 1.82) is 0 Å². The van der Waals surface area contributed by atoms with Crippen LogP contribution in [0.25, 0.3) is 0 Å². The smallest absolute Gasteiger partial charge is 0.229 e. The quantitative estimate of drug-likeness (QED) is 0.852. The van der Waals surface area contributed by atoms with Crippen molar-refractivity contribution in [3.8, 4) is 0 Å². The summed E-state index contributed by atoms with van der Waals surface area (Å²) >= 11 is 0. The Kier molecular flexibility index (Phi) is 3.81. The van der Waals surface area contributed by atoms with E-state index in [1.807, 2.05) is 0 Å². The van der Waals surface area contributed by atoms with Crippen molar-refractivity contribution < 1.29 is 9.26 Å². The van der Waals surface area contributed by atoms with Crippen LogP contribution in [0.2, 0.25) is 0 Å². The summed E-state index contributed by atoms with van der Waals surface area (Å²) in [7, 11) is 1.77. The first-order valence-electron chi connectivity index (χ1n) is 7.09. The largest absolute Gasteiger partial charge is 0.381 e. The van der Waals surface area contributed by atoms with Gasteiger partial charge in [0.15, 0.2) is 5.82 Å². The number of aromatic nitrogens is 2. The summed E-state index contributed by atoms with van der Waals surface area (Å²) in [6.45, 7) is 2.36. The second-order valence-electron chi connectivity index (χ2n) is 5.57. The summed E-state index contributed by atoms with van der Waals surface area (Å²) in [5.41, 5.74) is 5.87. The van der Waals surface area contributed by atoms with Crippen molar-refractivity contribution in [2.45, 2.75) is 50.3 Å². The zero-order valence-electron chi connectivity index (χ0n) is 11.4. The number of methoxy groups -OCH3 is 1. The van der Waals surface area contributed by atoms with Gasteiger partial charge in [0.25, 0.3) is 0 Å². The molecule has 1 aliphatic heterocycles. The fourth-order valence-corrected chi connectivity index (χ4v) is 2.74. The first-order valence-corrected chi connectivity index (χ1v) is 7.09. The van der Waals surface area contributed by atoms with Crippen LogP contribution >= 0.6 is 0 Å². The van der Waals surface area contributed by atoms with Gasteiger partial charge in [0.2, 0.25) is 5.89 Å². The van der Waals surface area contributed by atoms with Crippen LogP contribution in [0.4, 0.5) is 0 Å². The predicted octanol–water partition coefficient (Wildman–Crippen LogP) is 0.885. The lowest BCUT2D eigenvalue weighted by atomic mass is 9.99. The molecule has 2 atom stereocenters. The number of nitrogens with zero attached hydrogens (tertiary/aromatic N) is 3. The molecule has 1 saturated carbocycles. The van der Waals surface area contributed by atoms with Gasteiger partial charge < -0.3 is 15.0 Å². The Morgan fingerprint density at radius 3 is 2.95 bits per heavy atom. The molecule has 2 heterocycles. The van der Waals surface area contributed by atoms with E-state index in [0.29, 0.717) is 24.6 Å². The number of likely N-dealkylation sites (tertiary alicyclic amines) is 1. The van der Waals surface area contributed by atoms with Crippen LogP contribution in [-0.4, -0.2) is 47.4 Å². The van der Waals surface area contributed by atoms with Gasteiger partial charge >= 0.3 is 0 Å². The highest BCUT2D eigenvalue weighted by Gasteiger charge is 2.31. The molecule has 6 heteroatoms. The molecule has 0 aromatic carbocycles. The molecule has 6 nitrogen and oxygen atoms in total. The van der Waals surface area contributed by atoms with E-state index < -0.39 is 0 Å². The molecule has 1 aromatic heterocycles. The van der Waals surface area contributed by atoms with Crippen molar-refractivity contribution in [1.82, 2.24) is 15.0 Å². The molecule has 1 saturated heterocycles. The van der Waals surface area contributed by atoms with Gasteiger partial charge in [-0.25, -0.2) is 0 Å². The van der Waals surface area contributed by atoms with E-state index in [2.05, 4.69) is 15.0 Å². The van der Waals surface area contributed by atoms with E-state index in [4.69, 9.17) is 15.0 Å². The molecule has 1 aliphatic carbocycles. The van der Waals surface area contributed by atoms with Gasteiger partial charge in [-0.2, -0.15) is 4.98 Å². The number of nitrogens with two attached hydrogens (primary N) is 1. The third-order valence-corrected chi connectivity index (χ3v) is 4.15. The predicted molar refractivity (Wildman–Crippen MR) is 69.6 cm³/mol. The molecular formula is C13H22N4O2. The van der Waals surface area contributed by atoms with Gasteiger partial charge in [0.1, 0.15) is 0 Å². The molecule has 106 valence electrons. The van der Waals surface area contributed by atoms with E-state index in [1.54, 1.807) is 7.11 Å². The Hall–Kier alpha value is -0.980. The molecular weight excluding hydrogens is 244 g/mol. The Balaban J connectivity index is 1.60. The minimum atomic E-state index is 0.331. The molecule has 0 amide bonds. The number of piperidine rings is 1. The lowest BCUT2D eigenvalue weighted by molar-refractivity contribution is 0.00910. The Morgan fingerprint density at radius 2 is 2.26 bits per heavy atom. The third-order valence-electron chi connectivity index (χ3n) is 4.15. The van der Waals surface area contributed by atoms with Gasteiger partial charge in [-0.15, -0.1) is 0 Å². The maximum atomic E-state index is 5.87. The number of hydrogen-bond donors (Lipinski definition) is 1.